The number of carbonyl (C=O) groups is 1. The van der Waals surface area contributed by atoms with Gasteiger partial charge in [-0.15, -0.1) is 0 Å². The van der Waals surface area contributed by atoms with Crippen LogP contribution >= 0.6 is 0 Å². The predicted molar refractivity (Wildman–Crippen MR) is 101 cm³/mol. The second-order valence-corrected chi connectivity index (χ2v) is 8.02. The normalized spacial score (nSPS) is 11.3. The van der Waals surface area contributed by atoms with E-state index < -0.39 is 10.0 Å². The van der Waals surface area contributed by atoms with E-state index in [9.17, 15) is 13.2 Å². The van der Waals surface area contributed by atoms with E-state index in [2.05, 4.69) is 5.32 Å². The minimum absolute atomic E-state index is 0.110. The number of nitrogens with one attached hydrogen (secondary N) is 1. The number of rotatable bonds is 9. The van der Waals surface area contributed by atoms with Crippen molar-refractivity contribution in [3.63, 3.8) is 0 Å². The summed E-state index contributed by atoms with van der Waals surface area (Å²) in [6.45, 7) is 2.56. The molecule has 140 valence electrons. The summed E-state index contributed by atoms with van der Waals surface area (Å²) in [5.41, 5.74) is 2.02. The highest BCUT2D eigenvalue weighted by Gasteiger charge is 2.17. The van der Waals surface area contributed by atoms with E-state index >= 15 is 0 Å². The van der Waals surface area contributed by atoms with Gasteiger partial charge in [0.1, 0.15) is 5.75 Å². The second kappa shape index (κ2) is 9.35. The van der Waals surface area contributed by atoms with E-state index in [4.69, 9.17) is 4.74 Å². The lowest BCUT2D eigenvalue weighted by atomic mass is 10.1. The van der Waals surface area contributed by atoms with Crippen LogP contribution in [-0.2, 0) is 21.4 Å². The number of hydrogen-bond acceptors (Lipinski definition) is 4. The number of hydrogen-bond donors (Lipinski definition) is 1. The molecule has 2 rings (SSSR count). The van der Waals surface area contributed by atoms with Crippen molar-refractivity contribution in [2.75, 3.05) is 26.0 Å². The van der Waals surface area contributed by atoms with E-state index in [0.717, 1.165) is 11.1 Å². The average Bonchev–Trinajstić information content (AvgIpc) is 2.61. The van der Waals surface area contributed by atoms with Crippen LogP contribution in [0.15, 0.2) is 54.6 Å². The van der Waals surface area contributed by atoms with Crippen molar-refractivity contribution in [2.45, 2.75) is 13.5 Å². The van der Waals surface area contributed by atoms with E-state index in [1.807, 2.05) is 49.4 Å². The van der Waals surface area contributed by atoms with Gasteiger partial charge in [-0.05, 0) is 24.6 Å². The quantitative estimate of drug-likeness (QED) is 0.726. The van der Waals surface area contributed by atoms with Gasteiger partial charge in [-0.2, -0.15) is 4.31 Å². The third-order valence-electron chi connectivity index (χ3n) is 3.75. The molecule has 0 aliphatic rings. The van der Waals surface area contributed by atoms with Gasteiger partial charge in [0, 0.05) is 19.6 Å². The zero-order chi connectivity index (χ0) is 19.0. The maximum atomic E-state index is 12.0. The number of benzene rings is 2. The molecule has 2 aromatic carbocycles. The number of amides is 1. The summed E-state index contributed by atoms with van der Waals surface area (Å²) in [6.07, 6.45) is 1.17. The van der Waals surface area contributed by atoms with Gasteiger partial charge in [-0.25, -0.2) is 8.42 Å². The summed E-state index contributed by atoms with van der Waals surface area (Å²) in [5.74, 6) is 0.317. The summed E-state index contributed by atoms with van der Waals surface area (Å²) >= 11 is 0. The fourth-order valence-corrected chi connectivity index (χ4v) is 3.10. The van der Waals surface area contributed by atoms with Crippen LogP contribution in [0.1, 0.15) is 11.1 Å². The van der Waals surface area contributed by atoms with Crippen molar-refractivity contribution < 1.29 is 17.9 Å². The summed E-state index contributed by atoms with van der Waals surface area (Å²) in [7, 11) is -3.38. The molecule has 1 amide bonds. The van der Waals surface area contributed by atoms with Gasteiger partial charge >= 0.3 is 0 Å². The van der Waals surface area contributed by atoms with Gasteiger partial charge in [-0.3, -0.25) is 4.79 Å². The maximum Gasteiger partial charge on any atom is 0.257 e. The highest BCUT2D eigenvalue weighted by molar-refractivity contribution is 7.88. The lowest BCUT2D eigenvalue weighted by Crippen LogP contribution is -2.39. The van der Waals surface area contributed by atoms with Crippen molar-refractivity contribution in [2.24, 2.45) is 0 Å². The van der Waals surface area contributed by atoms with Crippen molar-refractivity contribution >= 4 is 15.9 Å². The monoisotopic (exact) mass is 376 g/mol. The molecule has 0 aliphatic heterocycles. The van der Waals surface area contributed by atoms with Crippen LogP contribution in [0.5, 0.6) is 5.75 Å². The first kappa shape index (κ1) is 19.9. The molecule has 0 heterocycles. The van der Waals surface area contributed by atoms with E-state index in [0.29, 0.717) is 5.75 Å². The molecule has 2 aromatic rings. The molecule has 0 aliphatic carbocycles. The molecule has 0 bridgehead atoms. The SMILES string of the molecule is Cc1ccc(CN(CCNC(=O)COc2ccccc2)S(C)(=O)=O)cc1. The Balaban J connectivity index is 1.81. The van der Waals surface area contributed by atoms with Gasteiger partial charge in [0.25, 0.3) is 5.91 Å². The first-order valence-electron chi connectivity index (χ1n) is 8.30. The predicted octanol–water partition coefficient (Wildman–Crippen LogP) is 1.95. The first-order chi connectivity index (χ1) is 12.3. The van der Waals surface area contributed by atoms with E-state index in [-0.39, 0.29) is 32.1 Å². The molecule has 7 heteroatoms. The first-order valence-corrected chi connectivity index (χ1v) is 10.1. The highest BCUT2D eigenvalue weighted by atomic mass is 32.2. The Labute approximate surface area is 154 Å². The number of carbonyl (C=O) groups excluding carboxylic acids is 1. The van der Waals surface area contributed by atoms with Crippen LogP contribution in [0.4, 0.5) is 0 Å². The Morgan fingerprint density at radius 3 is 2.35 bits per heavy atom. The smallest absolute Gasteiger partial charge is 0.257 e. The Morgan fingerprint density at radius 1 is 1.08 bits per heavy atom. The lowest BCUT2D eigenvalue weighted by molar-refractivity contribution is -0.123. The summed E-state index contributed by atoms with van der Waals surface area (Å²) in [4.78, 5) is 11.8. The summed E-state index contributed by atoms with van der Waals surface area (Å²) in [6, 6.07) is 16.7. The summed E-state index contributed by atoms with van der Waals surface area (Å²) < 4.78 is 30.7. The standard InChI is InChI=1S/C19H24N2O4S/c1-16-8-10-17(11-9-16)14-21(26(2,23)24)13-12-20-19(22)15-25-18-6-4-3-5-7-18/h3-11H,12-15H2,1-2H3,(H,20,22). The van der Waals surface area contributed by atoms with Crippen LogP contribution in [0.3, 0.4) is 0 Å². The van der Waals surface area contributed by atoms with Gasteiger partial charge in [0.05, 0.1) is 6.26 Å². The zero-order valence-corrected chi connectivity index (χ0v) is 15.8. The Bertz CT molecular complexity index is 805. The zero-order valence-electron chi connectivity index (χ0n) is 15.0. The molecule has 0 saturated carbocycles. The average molecular weight is 376 g/mol. The van der Waals surface area contributed by atoms with Crippen molar-refractivity contribution in [1.82, 2.24) is 9.62 Å². The number of nitrogens with zero attached hydrogens (tertiary/aromatic N) is 1. The molecule has 26 heavy (non-hydrogen) atoms. The van der Waals surface area contributed by atoms with Gasteiger partial charge < -0.3 is 10.1 Å². The van der Waals surface area contributed by atoms with Crippen LogP contribution in [0.25, 0.3) is 0 Å². The topological polar surface area (TPSA) is 75.7 Å². The molecule has 0 unspecified atom stereocenters. The van der Waals surface area contributed by atoms with Crippen LogP contribution < -0.4 is 10.1 Å². The molecule has 0 spiro atoms. The molecule has 0 saturated heterocycles. The fraction of sp³-hybridized carbons (Fsp3) is 0.316. The van der Waals surface area contributed by atoms with Gasteiger partial charge in [-0.1, -0.05) is 48.0 Å². The molecule has 0 fully saturated rings. The minimum atomic E-state index is -3.38. The van der Waals surface area contributed by atoms with Crippen LogP contribution in [-0.4, -0.2) is 44.6 Å². The molecular formula is C19H24N2O4S. The third-order valence-corrected chi connectivity index (χ3v) is 4.99. The van der Waals surface area contributed by atoms with Crippen LogP contribution in [0.2, 0.25) is 0 Å². The number of sulfonamides is 1. The number of para-hydroxylation sites is 1. The highest BCUT2D eigenvalue weighted by Crippen LogP contribution is 2.10. The maximum absolute atomic E-state index is 12.0. The Morgan fingerprint density at radius 2 is 1.73 bits per heavy atom. The lowest BCUT2D eigenvalue weighted by Gasteiger charge is -2.20. The van der Waals surface area contributed by atoms with Gasteiger partial charge in [0.2, 0.25) is 10.0 Å². The molecule has 0 aromatic heterocycles. The van der Waals surface area contributed by atoms with Crippen molar-refractivity contribution in [1.29, 1.82) is 0 Å². The van der Waals surface area contributed by atoms with E-state index in [1.165, 1.54) is 10.6 Å². The van der Waals surface area contributed by atoms with Crippen LogP contribution in [0, 0.1) is 6.92 Å². The molecule has 1 N–H and O–H groups in total. The Kier molecular flexibility index (Phi) is 7.17. The van der Waals surface area contributed by atoms with Crippen molar-refractivity contribution in [3.8, 4) is 5.75 Å². The molecular weight excluding hydrogens is 352 g/mol. The molecule has 6 nitrogen and oxygen atoms in total. The molecule has 0 radical (unpaired) electrons. The number of aryl methyl sites for hydroxylation is 1. The fourth-order valence-electron chi connectivity index (χ4n) is 2.30. The second-order valence-electron chi connectivity index (χ2n) is 6.03. The van der Waals surface area contributed by atoms with E-state index in [1.54, 1.807) is 12.1 Å². The largest absolute Gasteiger partial charge is 0.484 e. The summed E-state index contributed by atoms with van der Waals surface area (Å²) in [5, 5.41) is 2.68. The number of ether oxygens (including phenoxy) is 1. The third kappa shape index (κ3) is 6.85. The minimum Gasteiger partial charge on any atom is -0.484 e. The Hall–Kier alpha value is -2.38. The van der Waals surface area contributed by atoms with Gasteiger partial charge in [0.15, 0.2) is 6.61 Å². The molecule has 0 atom stereocenters. The van der Waals surface area contributed by atoms with Crippen molar-refractivity contribution in [3.05, 3.63) is 65.7 Å².